The molecule has 0 atom stereocenters. The van der Waals surface area contributed by atoms with Crippen molar-refractivity contribution in [3.05, 3.63) is 33.8 Å². The molecule has 14 heavy (non-hydrogen) atoms. The van der Waals surface area contributed by atoms with Gasteiger partial charge in [0.2, 0.25) is 0 Å². The number of halogens is 1. The van der Waals surface area contributed by atoms with Crippen LogP contribution in [0.1, 0.15) is 23.6 Å². The standard InChI is InChI=1S/C11H13ClOS/c1-4-13-11(14)9-6-5-7(2)8(3)10(9)12/h5-6H,4H2,1-3H3. The zero-order valence-electron chi connectivity index (χ0n) is 8.56. The Bertz CT molecular complexity index is 361. The first-order valence-electron chi connectivity index (χ1n) is 4.50. The van der Waals surface area contributed by atoms with E-state index in [2.05, 4.69) is 0 Å². The normalized spacial score (nSPS) is 10.0. The number of hydrogen-bond acceptors (Lipinski definition) is 2. The van der Waals surface area contributed by atoms with E-state index in [0.29, 0.717) is 16.7 Å². The fourth-order valence-corrected chi connectivity index (χ4v) is 1.79. The average Bonchev–Trinajstić information content (AvgIpc) is 2.15. The summed E-state index contributed by atoms with van der Waals surface area (Å²) in [6.07, 6.45) is 0. The van der Waals surface area contributed by atoms with Crippen molar-refractivity contribution in [2.24, 2.45) is 0 Å². The molecule has 0 amide bonds. The lowest BCUT2D eigenvalue weighted by Crippen LogP contribution is -2.05. The summed E-state index contributed by atoms with van der Waals surface area (Å²) >= 11 is 11.3. The number of ether oxygens (including phenoxy) is 1. The van der Waals surface area contributed by atoms with Gasteiger partial charge in [-0.15, -0.1) is 0 Å². The molecule has 1 aromatic rings. The van der Waals surface area contributed by atoms with Crippen molar-refractivity contribution in [1.82, 2.24) is 0 Å². The van der Waals surface area contributed by atoms with Crippen LogP contribution in [0.3, 0.4) is 0 Å². The van der Waals surface area contributed by atoms with Gasteiger partial charge in [-0.25, -0.2) is 0 Å². The Hall–Kier alpha value is -0.600. The van der Waals surface area contributed by atoms with Crippen molar-refractivity contribution in [3.8, 4) is 0 Å². The predicted octanol–water partition coefficient (Wildman–Crippen LogP) is 3.67. The van der Waals surface area contributed by atoms with Crippen LogP contribution in [-0.2, 0) is 4.74 Å². The highest BCUT2D eigenvalue weighted by molar-refractivity contribution is 7.80. The highest BCUT2D eigenvalue weighted by Crippen LogP contribution is 2.24. The molecule has 76 valence electrons. The summed E-state index contributed by atoms with van der Waals surface area (Å²) in [5.74, 6) is 0. The Morgan fingerprint density at radius 3 is 2.64 bits per heavy atom. The smallest absolute Gasteiger partial charge is 0.192 e. The van der Waals surface area contributed by atoms with Crippen LogP contribution in [0.15, 0.2) is 12.1 Å². The second-order valence-corrected chi connectivity index (χ2v) is 3.84. The monoisotopic (exact) mass is 228 g/mol. The Balaban J connectivity index is 3.11. The molecule has 0 unspecified atom stereocenters. The van der Waals surface area contributed by atoms with Gasteiger partial charge in [0.15, 0.2) is 5.05 Å². The van der Waals surface area contributed by atoms with Gasteiger partial charge in [0.1, 0.15) is 0 Å². The number of hydrogen-bond donors (Lipinski definition) is 0. The molecule has 3 heteroatoms. The quantitative estimate of drug-likeness (QED) is 0.715. The maximum absolute atomic E-state index is 6.16. The number of thiocarbonyl (C=S) groups is 1. The molecule has 0 bridgehead atoms. The first kappa shape index (κ1) is 11.5. The van der Waals surface area contributed by atoms with E-state index in [1.165, 1.54) is 0 Å². The van der Waals surface area contributed by atoms with Gasteiger partial charge in [0.05, 0.1) is 11.6 Å². The lowest BCUT2D eigenvalue weighted by Gasteiger charge is -2.10. The molecule has 1 rings (SSSR count). The number of aryl methyl sites for hydroxylation is 1. The van der Waals surface area contributed by atoms with Crippen molar-refractivity contribution < 1.29 is 4.74 Å². The maximum Gasteiger partial charge on any atom is 0.192 e. The van der Waals surface area contributed by atoms with Crippen LogP contribution in [-0.4, -0.2) is 11.7 Å². The molecule has 0 aliphatic rings. The summed E-state index contributed by atoms with van der Waals surface area (Å²) < 4.78 is 5.25. The molecule has 0 fully saturated rings. The number of rotatable bonds is 2. The Morgan fingerprint density at radius 1 is 1.43 bits per heavy atom. The van der Waals surface area contributed by atoms with E-state index in [0.717, 1.165) is 16.7 Å². The third-order valence-electron chi connectivity index (χ3n) is 2.15. The Kier molecular flexibility index (Phi) is 3.90. The van der Waals surface area contributed by atoms with Gasteiger partial charge in [-0.05, 0) is 50.2 Å². The van der Waals surface area contributed by atoms with Gasteiger partial charge in [0, 0.05) is 5.56 Å². The van der Waals surface area contributed by atoms with Gasteiger partial charge in [0.25, 0.3) is 0 Å². The molecule has 0 N–H and O–H groups in total. The van der Waals surface area contributed by atoms with Crippen LogP contribution in [0, 0.1) is 13.8 Å². The van der Waals surface area contributed by atoms with Crippen molar-refractivity contribution in [2.45, 2.75) is 20.8 Å². The minimum Gasteiger partial charge on any atom is -0.483 e. The third kappa shape index (κ3) is 2.25. The van der Waals surface area contributed by atoms with E-state index in [1.54, 1.807) is 0 Å². The predicted molar refractivity (Wildman–Crippen MR) is 64.3 cm³/mol. The van der Waals surface area contributed by atoms with Crippen molar-refractivity contribution >= 4 is 28.9 Å². The lowest BCUT2D eigenvalue weighted by molar-refractivity contribution is 0.337. The summed E-state index contributed by atoms with van der Waals surface area (Å²) in [5.41, 5.74) is 3.04. The Morgan fingerprint density at radius 2 is 2.07 bits per heavy atom. The zero-order valence-corrected chi connectivity index (χ0v) is 10.1. The summed E-state index contributed by atoms with van der Waals surface area (Å²) in [5, 5.41) is 1.17. The molecule has 0 saturated heterocycles. The average molecular weight is 229 g/mol. The SMILES string of the molecule is CCOC(=S)c1ccc(C)c(C)c1Cl. The van der Waals surface area contributed by atoms with Gasteiger partial charge in [-0.3, -0.25) is 0 Å². The van der Waals surface area contributed by atoms with E-state index in [1.807, 2.05) is 32.9 Å². The van der Waals surface area contributed by atoms with Gasteiger partial charge in [-0.2, -0.15) is 0 Å². The topological polar surface area (TPSA) is 9.23 Å². The molecule has 0 aliphatic carbocycles. The second kappa shape index (κ2) is 4.76. The molecule has 0 radical (unpaired) electrons. The van der Waals surface area contributed by atoms with Crippen molar-refractivity contribution in [2.75, 3.05) is 6.61 Å². The minimum atomic E-state index is 0.473. The van der Waals surface area contributed by atoms with Crippen molar-refractivity contribution in [3.63, 3.8) is 0 Å². The summed E-state index contributed by atoms with van der Waals surface area (Å²) in [7, 11) is 0. The van der Waals surface area contributed by atoms with E-state index < -0.39 is 0 Å². The van der Waals surface area contributed by atoms with E-state index >= 15 is 0 Å². The fraction of sp³-hybridized carbons (Fsp3) is 0.364. The zero-order chi connectivity index (χ0) is 10.7. The third-order valence-corrected chi connectivity index (χ3v) is 2.98. The van der Waals surface area contributed by atoms with Crippen LogP contribution >= 0.6 is 23.8 Å². The molecule has 1 nitrogen and oxygen atoms in total. The van der Waals surface area contributed by atoms with E-state index in [-0.39, 0.29) is 0 Å². The lowest BCUT2D eigenvalue weighted by atomic mass is 10.1. The van der Waals surface area contributed by atoms with Crippen LogP contribution < -0.4 is 0 Å². The van der Waals surface area contributed by atoms with Crippen LogP contribution in [0.5, 0.6) is 0 Å². The Labute approximate surface area is 95.0 Å². The van der Waals surface area contributed by atoms with Crippen LogP contribution in [0.25, 0.3) is 0 Å². The van der Waals surface area contributed by atoms with Gasteiger partial charge in [-0.1, -0.05) is 17.7 Å². The first-order chi connectivity index (χ1) is 6.57. The second-order valence-electron chi connectivity index (χ2n) is 3.09. The molecule has 0 heterocycles. The van der Waals surface area contributed by atoms with E-state index in [4.69, 9.17) is 28.6 Å². The summed E-state index contributed by atoms with van der Waals surface area (Å²) in [6.45, 7) is 6.48. The summed E-state index contributed by atoms with van der Waals surface area (Å²) in [4.78, 5) is 0. The molecule has 0 saturated carbocycles. The highest BCUT2D eigenvalue weighted by atomic mass is 35.5. The van der Waals surface area contributed by atoms with Crippen molar-refractivity contribution in [1.29, 1.82) is 0 Å². The summed E-state index contributed by atoms with van der Waals surface area (Å²) in [6, 6.07) is 3.91. The van der Waals surface area contributed by atoms with Crippen LogP contribution in [0.2, 0.25) is 5.02 Å². The number of benzene rings is 1. The molecule has 1 aromatic carbocycles. The maximum atomic E-state index is 6.16. The van der Waals surface area contributed by atoms with Crippen LogP contribution in [0.4, 0.5) is 0 Å². The first-order valence-corrected chi connectivity index (χ1v) is 5.29. The molecular weight excluding hydrogens is 216 g/mol. The molecule has 0 spiro atoms. The minimum absolute atomic E-state index is 0.473. The molecular formula is C11H13ClOS. The van der Waals surface area contributed by atoms with E-state index in [9.17, 15) is 0 Å². The largest absolute Gasteiger partial charge is 0.483 e. The van der Waals surface area contributed by atoms with Gasteiger partial charge >= 0.3 is 0 Å². The fourth-order valence-electron chi connectivity index (χ4n) is 1.15. The molecule has 0 aliphatic heterocycles. The highest BCUT2D eigenvalue weighted by Gasteiger charge is 2.10. The van der Waals surface area contributed by atoms with Gasteiger partial charge < -0.3 is 4.74 Å². The molecule has 0 aromatic heterocycles.